The number of aromatic nitrogens is 2. The molecule has 0 amide bonds. The van der Waals surface area contributed by atoms with Crippen molar-refractivity contribution in [1.82, 2.24) is 10.2 Å². The third-order valence-corrected chi connectivity index (χ3v) is 3.19. The number of hydrogen-bond donors (Lipinski definition) is 1. The van der Waals surface area contributed by atoms with Gasteiger partial charge >= 0.3 is 0 Å². The fourth-order valence-corrected chi connectivity index (χ4v) is 2.19. The largest absolute Gasteiger partial charge is 0.381 e. The van der Waals surface area contributed by atoms with Crippen LogP contribution in [0.15, 0.2) is 6.07 Å². The van der Waals surface area contributed by atoms with Gasteiger partial charge < -0.3 is 10.5 Å². The Morgan fingerprint density at radius 3 is 3.00 bits per heavy atom. The van der Waals surface area contributed by atoms with Gasteiger partial charge in [0.15, 0.2) is 0 Å². The third-order valence-electron chi connectivity index (χ3n) is 3.19. The van der Waals surface area contributed by atoms with Crippen LogP contribution in [-0.4, -0.2) is 23.4 Å². The summed E-state index contributed by atoms with van der Waals surface area (Å²) in [5, 5.41) is 8.30. The highest BCUT2D eigenvalue weighted by molar-refractivity contribution is 5.25. The molecule has 2 unspecified atom stereocenters. The van der Waals surface area contributed by atoms with Gasteiger partial charge in [-0.25, -0.2) is 0 Å². The Bertz CT molecular complexity index is 361. The summed E-state index contributed by atoms with van der Waals surface area (Å²) in [5.41, 5.74) is 9.39. The third kappa shape index (κ3) is 2.23. The van der Waals surface area contributed by atoms with Gasteiger partial charge in [-0.05, 0) is 31.4 Å². The molecule has 2 N–H and O–H groups in total. The average molecular weight is 221 g/mol. The van der Waals surface area contributed by atoms with Gasteiger partial charge in [-0.2, -0.15) is 10.2 Å². The van der Waals surface area contributed by atoms with Crippen LogP contribution in [0, 0.1) is 12.8 Å². The summed E-state index contributed by atoms with van der Waals surface area (Å²) in [4.78, 5) is 0. The fraction of sp³-hybridized carbons (Fsp3) is 0.667. The Morgan fingerprint density at radius 1 is 1.56 bits per heavy atom. The van der Waals surface area contributed by atoms with Crippen molar-refractivity contribution in [3.8, 4) is 0 Å². The molecule has 2 atom stereocenters. The SMILES string of the molecule is CCc1nnc(C)cc1C(N)C1CCOC1. The van der Waals surface area contributed by atoms with Crippen molar-refractivity contribution < 1.29 is 4.74 Å². The molecule has 1 aromatic heterocycles. The molecule has 0 aliphatic carbocycles. The van der Waals surface area contributed by atoms with Crippen LogP contribution < -0.4 is 5.73 Å². The molecule has 2 rings (SSSR count). The van der Waals surface area contributed by atoms with Crippen molar-refractivity contribution in [2.24, 2.45) is 11.7 Å². The molecule has 1 aliphatic heterocycles. The number of hydrogen-bond acceptors (Lipinski definition) is 4. The second kappa shape index (κ2) is 4.89. The molecule has 0 aromatic carbocycles. The number of ether oxygens (including phenoxy) is 1. The Kier molecular flexibility index (Phi) is 3.51. The second-order valence-corrected chi connectivity index (χ2v) is 4.39. The Hall–Kier alpha value is -1.00. The molecular weight excluding hydrogens is 202 g/mol. The van der Waals surface area contributed by atoms with Gasteiger partial charge in [0, 0.05) is 18.6 Å². The predicted molar refractivity (Wildman–Crippen MR) is 62.0 cm³/mol. The lowest BCUT2D eigenvalue weighted by Crippen LogP contribution is -2.23. The highest BCUT2D eigenvalue weighted by atomic mass is 16.5. The Balaban J connectivity index is 2.26. The minimum atomic E-state index is 0.0339. The van der Waals surface area contributed by atoms with E-state index in [1.54, 1.807) is 0 Å². The van der Waals surface area contributed by atoms with Crippen molar-refractivity contribution in [2.45, 2.75) is 32.7 Å². The maximum absolute atomic E-state index is 6.30. The van der Waals surface area contributed by atoms with Crippen LogP contribution in [-0.2, 0) is 11.2 Å². The van der Waals surface area contributed by atoms with Gasteiger partial charge in [0.1, 0.15) is 0 Å². The topological polar surface area (TPSA) is 61.0 Å². The van der Waals surface area contributed by atoms with Crippen LogP contribution in [0.2, 0.25) is 0 Å². The van der Waals surface area contributed by atoms with Crippen LogP contribution in [0.5, 0.6) is 0 Å². The van der Waals surface area contributed by atoms with E-state index < -0.39 is 0 Å². The summed E-state index contributed by atoms with van der Waals surface area (Å²) in [5.74, 6) is 0.425. The molecule has 0 spiro atoms. The van der Waals surface area contributed by atoms with Crippen LogP contribution in [0.25, 0.3) is 0 Å². The van der Waals surface area contributed by atoms with Crippen molar-refractivity contribution >= 4 is 0 Å². The minimum Gasteiger partial charge on any atom is -0.381 e. The van der Waals surface area contributed by atoms with E-state index in [0.717, 1.165) is 43.0 Å². The van der Waals surface area contributed by atoms with Crippen LogP contribution in [0.1, 0.15) is 36.3 Å². The van der Waals surface area contributed by atoms with E-state index in [-0.39, 0.29) is 6.04 Å². The molecule has 4 nitrogen and oxygen atoms in total. The summed E-state index contributed by atoms with van der Waals surface area (Å²) >= 11 is 0. The Morgan fingerprint density at radius 2 is 2.38 bits per heavy atom. The first-order valence-corrected chi connectivity index (χ1v) is 5.88. The van der Waals surface area contributed by atoms with E-state index in [1.165, 1.54) is 0 Å². The highest BCUT2D eigenvalue weighted by Gasteiger charge is 2.26. The number of nitrogens with two attached hydrogens (primary N) is 1. The van der Waals surface area contributed by atoms with Crippen LogP contribution in [0.4, 0.5) is 0 Å². The number of nitrogens with zero attached hydrogens (tertiary/aromatic N) is 2. The normalized spacial score (nSPS) is 22.3. The Labute approximate surface area is 96.2 Å². The molecule has 16 heavy (non-hydrogen) atoms. The maximum Gasteiger partial charge on any atom is 0.0676 e. The van der Waals surface area contributed by atoms with Crippen molar-refractivity contribution in [1.29, 1.82) is 0 Å². The van der Waals surface area contributed by atoms with E-state index in [4.69, 9.17) is 10.5 Å². The lowest BCUT2D eigenvalue weighted by Gasteiger charge is -2.20. The quantitative estimate of drug-likeness (QED) is 0.837. The fourth-order valence-electron chi connectivity index (χ4n) is 2.19. The van der Waals surface area contributed by atoms with E-state index in [9.17, 15) is 0 Å². The van der Waals surface area contributed by atoms with E-state index in [1.807, 2.05) is 6.92 Å². The standard InChI is InChI=1S/C12H19N3O/c1-3-11-10(6-8(2)14-15-11)12(13)9-4-5-16-7-9/h6,9,12H,3-5,7,13H2,1-2H3. The number of aryl methyl sites for hydroxylation is 2. The molecule has 4 heteroatoms. The zero-order valence-electron chi connectivity index (χ0n) is 9.94. The summed E-state index contributed by atoms with van der Waals surface area (Å²) in [6, 6.07) is 2.10. The smallest absolute Gasteiger partial charge is 0.0676 e. The highest BCUT2D eigenvalue weighted by Crippen LogP contribution is 2.28. The summed E-state index contributed by atoms with van der Waals surface area (Å²) in [6.45, 7) is 5.64. The molecule has 88 valence electrons. The van der Waals surface area contributed by atoms with Crippen molar-refractivity contribution in [3.05, 3.63) is 23.0 Å². The van der Waals surface area contributed by atoms with Gasteiger partial charge in [-0.15, -0.1) is 0 Å². The first-order chi connectivity index (χ1) is 7.72. The molecule has 1 saturated heterocycles. The second-order valence-electron chi connectivity index (χ2n) is 4.39. The van der Waals surface area contributed by atoms with Gasteiger partial charge in [0.05, 0.1) is 18.0 Å². The lowest BCUT2D eigenvalue weighted by molar-refractivity contribution is 0.180. The summed E-state index contributed by atoms with van der Waals surface area (Å²) in [7, 11) is 0. The van der Waals surface area contributed by atoms with Gasteiger partial charge in [0.25, 0.3) is 0 Å². The molecule has 1 aliphatic rings. The lowest BCUT2D eigenvalue weighted by atomic mass is 9.91. The van der Waals surface area contributed by atoms with Crippen LogP contribution in [0.3, 0.4) is 0 Å². The van der Waals surface area contributed by atoms with Crippen molar-refractivity contribution in [2.75, 3.05) is 13.2 Å². The summed E-state index contributed by atoms with van der Waals surface area (Å²) < 4.78 is 5.39. The molecule has 0 bridgehead atoms. The molecule has 0 radical (unpaired) electrons. The van der Waals surface area contributed by atoms with Gasteiger partial charge in [-0.3, -0.25) is 0 Å². The van der Waals surface area contributed by atoms with Gasteiger partial charge in [0.2, 0.25) is 0 Å². The van der Waals surface area contributed by atoms with Crippen LogP contribution >= 0.6 is 0 Å². The van der Waals surface area contributed by atoms with Gasteiger partial charge in [-0.1, -0.05) is 6.92 Å². The first kappa shape index (κ1) is 11.5. The first-order valence-electron chi connectivity index (χ1n) is 5.88. The molecule has 1 aromatic rings. The number of rotatable bonds is 3. The molecule has 2 heterocycles. The molecule has 0 saturated carbocycles. The summed E-state index contributed by atoms with van der Waals surface area (Å²) in [6.07, 6.45) is 1.93. The zero-order chi connectivity index (χ0) is 11.5. The van der Waals surface area contributed by atoms with E-state index >= 15 is 0 Å². The monoisotopic (exact) mass is 221 g/mol. The zero-order valence-corrected chi connectivity index (χ0v) is 9.94. The molecule has 1 fully saturated rings. The predicted octanol–water partition coefficient (Wildman–Crippen LogP) is 1.38. The maximum atomic E-state index is 6.30. The average Bonchev–Trinajstić information content (AvgIpc) is 2.81. The minimum absolute atomic E-state index is 0.0339. The molecular formula is C12H19N3O. The van der Waals surface area contributed by atoms with E-state index in [2.05, 4.69) is 23.2 Å². The van der Waals surface area contributed by atoms with E-state index in [0.29, 0.717) is 5.92 Å². The van der Waals surface area contributed by atoms with Crippen molar-refractivity contribution in [3.63, 3.8) is 0 Å².